The molecular formula is C20H34O6. The summed E-state index contributed by atoms with van der Waals surface area (Å²) in [5.74, 6) is -1.04. The molecule has 26 heavy (non-hydrogen) atoms. The van der Waals surface area contributed by atoms with Crippen molar-refractivity contribution < 1.29 is 29.6 Å². The SMILES string of the molecule is O=C(O)C[C@H]1[C@H](CCCC/C=C\CCO)[C@@H](OC2CCCCO2)C[C@H]1O. The molecule has 1 aliphatic heterocycles. The van der Waals surface area contributed by atoms with E-state index in [9.17, 15) is 15.0 Å². The molecule has 0 aromatic rings. The smallest absolute Gasteiger partial charge is 0.303 e. The van der Waals surface area contributed by atoms with Gasteiger partial charge in [-0.3, -0.25) is 4.79 Å². The van der Waals surface area contributed by atoms with Crippen LogP contribution < -0.4 is 0 Å². The zero-order valence-electron chi connectivity index (χ0n) is 15.6. The second-order valence-electron chi connectivity index (χ2n) is 7.47. The molecule has 0 spiro atoms. The highest BCUT2D eigenvalue weighted by atomic mass is 16.7. The summed E-state index contributed by atoms with van der Waals surface area (Å²) in [6.07, 6.45) is 11.1. The van der Waals surface area contributed by atoms with Crippen LogP contribution in [0.25, 0.3) is 0 Å². The van der Waals surface area contributed by atoms with Gasteiger partial charge in [0.2, 0.25) is 0 Å². The number of aliphatic carboxylic acids is 1. The first-order valence-corrected chi connectivity index (χ1v) is 10.0. The molecule has 1 unspecified atom stereocenters. The number of hydrogen-bond acceptors (Lipinski definition) is 5. The molecule has 1 saturated heterocycles. The summed E-state index contributed by atoms with van der Waals surface area (Å²) in [6, 6.07) is 0. The molecule has 2 fully saturated rings. The standard InChI is InChI=1S/C20H34O6/c21-11-7-4-2-1-3-5-9-15-16(13-19(23)24)17(22)14-18(15)26-20-10-6-8-12-25-20/h2,4,15-18,20-22H,1,3,5-14H2,(H,23,24)/b4-2-/t15-,16-,17+,18-,20?/m0/s1. The van der Waals surface area contributed by atoms with Crippen molar-refractivity contribution >= 4 is 5.97 Å². The molecule has 1 saturated carbocycles. The summed E-state index contributed by atoms with van der Waals surface area (Å²) in [4.78, 5) is 11.2. The third kappa shape index (κ3) is 6.99. The maximum atomic E-state index is 11.2. The summed E-state index contributed by atoms with van der Waals surface area (Å²) >= 11 is 0. The number of unbranched alkanes of at least 4 members (excludes halogenated alkanes) is 2. The predicted octanol–water partition coefficient (Wildman–Crippen LogP) is 2.87. The van der Waals surface area contributed by atoms with Crippen LogP contribution in [0.2, 0.25) is 0 Å². The molecule has 2 rings (SSSR count). The van der Waals surface area contributed by atoms with Crippen molar-refractivity contribution in [3.05, 3.63) is 12.2 Å². The molecule has 0 amide bonds. The number of rotatable bonds is 11. The van der Waals surface area contributed by atoms with Crippen LogP contribution in [0.4, 0.5) is 0 Å². The van der Waals surface area contributed by atoms with Crippen molar-refractivity contribution in [1.29, 1.82) is 0 Å². The molecule has 0 aromatic heterocycles. The Balaban J connectivity index is 1.86. The quantitative estimate of drug-likeness (QED) is 0.382. The molecule has 0 aromatic carbocycles. The number of aliphatic hydroxyl groups excluding tert-OH is 2. The fraction of sp³-hybridized carbons (Fsp3) is 0.850. The zero-order valence-corrected chi connectivity index (χ0v) is 15.6. The van der Waals surface area contributed by atoms with Crippen molar-refractivity contribution in [1.82, 2.24) is 0 Å². The van der Waals surface area contributed by atoms with Gasteiger partial charge in [-0.05, 0) is 50.9 Å². The average molecular weight is 370 g/mol. The van der Waals surface area contributed by atoms with Gasteiger partial charge in [0.25, 0.3) is 0 Å². The second kappa shape index (κ2) is 11.7. The van der Waals surface area contributed by atoms with E-state index in [4.69, 9.17) is 14.6 Å². The van der Waals surface area contributed by atoms with E-state index in [1.807, 2.05) is 6.08 Å². The highest BCUT2D eigenvalue weighted by Gasteiger charge is 2.44. The molecule has 0 bridgehead atoms. The van der Waals surface area contributed by atoms with Crippen LogP contribution in [0.3, 0.4) is 0 Å². The lowest BCUT2D eigenvalue weighted by Crippen LogP contribution is -2.32. The van der Waals surface area contributed by atoms with Gasteiger partial charge >= 0.3 is 5.97 Å². The average Bonchev–Trinajstić information content (AvgIpc) is 2.89. The predicted molar refractivity (Wildman–Crippen MR) is 97.6 cm³/mol. The molecule has 2 aliphatic rings. The fourth-order valence-corrected chi connectivity index (χ4v) is 4.16. The summed E-state index contributed by atoms with van der Waals surface area (Å²) in [5, 5.41) is 28.3. The van der Waals surface area contributed by atoms with Crippen LogP contribution in [0.5, 0.6) is 0 Å². The lowest BCUT2D eigenvalue weighted by atomic mass is 9.86. The van der Waals surface area contributed by atoms with Crippen LogP contribution in [-0.4, -0.2) is 53.0 Å². The number of carboxylic acid groups (broad SMARTS) is 1. The van der Waals surface area contributed by atoms with E-state index < -0.39 is 12.1 Å². The van der Waals surface area contributed by atoms with Crippen LogP contribution in [0, 0.1) is 11.8 Å². The number of ether oxygens (including phenoxy) is 2. The second-order valence-corrected chi connectivity index (χ2v) is 7.47. The minimum atomic E-state index is -0.861. The number of aliphatic hydroxyl groups is 2. The zero-order chi connectivity index (χ0) is 18.8. The van der Waals surface area contributed by atoms with Crippen molar-refractivity contribution in [3.8, 4) is 0 Å². The number of carboxylic acids is 1. The molecule has 0 radical (unpaired) electrons. The minimum Gasteiger partial charge on any atom is -0.481 e. The third-order valence-electron chi connectivity index (χ3n) is 5.49. The van der Waals surface area contributed by atoms with Gasteiger partial charge in [0.15, 0.2) is 6.29 Å². The molecule has 6 nitrogen and oxygen atoms in total. The molecule has 5 atom stereocenters. The van der Waals surface area contributed by atoms with E-state index in [0.29, 0.717) is 19.4 Å². The van der Waals surface area contributed by atoms with Gasteiger partial charge in [-0.15, -0.1) is 0 Å². The van der Waals surface area contributed by atoms with E-state index in [1.54, 1.807) is 0 Å². The Kier molecular flexibility index (Phi) is 9.61. The molecule has 3 N–H and O–H groups in total. The molecule has 150 valence electrons. The Labute approximate surface area is 156 Å². The Hall–Kier alpha value is -0.950. The van der Waals surface area contributed by atoms with Gasteiger partial charge in [0.1, 0.15) is 0 Å². The Morgan fingerprint density at radius 1 is 1.15 bits per heavy atom. The summed E-state index contributed by atoms with van der Waals surface area (Å²) in [5.41, 5.74) is 0. The van der Waals surface area contributed by atoms with Gasteiger partial charge in [-0.25, -0.2) is 0 Å². The number of carbonyl (C=O) groups is 1. The first-order valence-electron chi connectivity index (χ1n) is 10.0. The van der Waals surface area contributed by atoms with Crippen molar-refractivity contribution in [2.75, 3.05) is 13.2 Å². The monoisotopic (exact) mass is 370 g/mol. The third-order valence-corrected chi connectivity index (χ3v) is 5.49. The first-order chi connectivity index (χ1) is 12.6. The molecular weight excluding hydrogens is 336 g/mol. The van der Waals surface area contributed by atoms with E-state index in [0.717, 1.165) is 44.9 Å². The molecule has 6 heteroatoms. The fourth-order valence-electron chi connectivity index (χ4n) is 4.16. The Morgan fingerprint density at radius 2 is 1.96 bits per heavy atom. The maximum Gasteiger partial charge on any atom is 0.303 e. The van der Waals surface area contributed by atoms with Crippen molar-refractivity contribution in [2.45, 2.75) is 82.7 Å². The summed E-state index contributed by atoms with van der Waals surface area (Å²) < 4.78 is 11.8. The Morgan fingerprint density at radius 3 is 2.65 bits per heavy atom. The van der Waals surface area contributed by atoms with E-state index in [1.165, 1.54) is 0 Å². The van der Waals surface area contributed by atoms with Gasteiger partial charge in [0, 0.05) is 25.6 Å². The van der Waals surface area contributed by atoms with Crippen LogP contribution in [0.1, 0.15) is 64.2 Å². The lowest BCUT2D eigenvalue weighted by Gasteiger charge is -2.30. The largest absolute Gasteiger partial charge is 0.481 e. The van der Waals surface area contributed by atoms with E-state index in [-0.39, 0.29) is 37.3 Å². The van der Waals surface area contributed by atoms with Crippen LogP contribution in [0.15, 0.2) is 12.2 Å². The molecule has 1 heterocycles. The topological polar surface area (TPSA) is 96.2 Å². The highest BCUT2D eigenvalue weighted by molar-refractivity contribution is 5.67. The van der Waals surface area contributed by atoms with Crippen molar-refractivity contribution in [3.63, 3.8) is 0 Å². The van der Waals surface area contributed by atoms with E-state index in [2.05, 4.69) is 6.08 Å². The maximum absolute atomic E-state index is 11.2. The first kappa shape index (κ1) is 21.4. The molecule has 1 aliphatic carbocycles. The highest BCUT2D eigenvalue weighted by Crippen LogP contribution is 2.41. The van der Waals surface area contributed by atoms with Gasteiger partial charge < -0.3 is 24.8 Å². The van der Waals surface area contributed by atoms with Crippen LogP contribution >= 0.6 is 0 Å². The minimum absolute atomic E-state index is 0.00633. The number of allylic oxidation sites excluding steroid dienone is 1. The van der Waals surface area contributed by atoms with Gasteiger partial charge in [0.05, 0.1) is 18.6 Å². The Bertz CT molecular complexity index is 432. The normalized spacial score (nSPS) is 32.3. The summed E-state index contributed by atoms with van der Waals surface area (Å²) in [7, 11) is 0. The van der Waals surface area contributed by atoms with Crippen LogP contribution in [-0.2, 0) is 14.3 Å². The van der Waals surface area contributed by atoms with Gasteiger partial charge in [-0.1, -0.05) is 18.6 Å². The van der Waals surface area contributed by atoms with E-state index >= 15 is 0 Å². The number of hydrogen-bond donors (Lipinski definition) is 3. The van der Waals surface area contributed by atoms with Crippen molar-refractivity contribution in [2.24, 2.45) is 11.8 Å². The summed E-state index contributed by atoms with van der Waals surface area (Å²) in [6.45, 7) is 0.888. The lowest BCUT2D eigenvalue weighted by molar-refractivity contribution is -0.196. The van der Waals surface area contributed by atoms with Gasteiger partial charge in [-0.2, -0.15) is 0 Å².